The van der Waals surface area contributed by atoms with Crippen molar-refractivity contribution in [2.24, 2.45) is 0 Å². The molecule has 1 saturated heterocycles. The smallest absolute Gasteiger partial charge is 0.216 e. The van der Waals surface area contributed by atoms with E-state index in [1.807, 2.05) is 37.2 Å². The minimum Gasteiger partial charge on any atom is -0.588 e. The van der Waals surface area contributed by atoms with Crippen LogP contribution in [0.25, 0.3) is 11.1 Å². The molecule has 10 heteroatoms. The van der Waals surface area contributed by atoms with Gasteiger partial charge in [-0.1, -0.05) is 23.2 Å². The number of anilines is 1. The molecular formula is C21H26Cl2N6OS. The molecule has 166 valence electrons. The molecule has 0 spiro atoms. The Balaban J connectivity index is 1.58. The number of hydrogen-bond acceptors (Lipinski definition) is 7. The van der Waals surface area contributed by atoms with Gasteiger partial charge in [0.1, 0.15) is 27.2 Å². The first kappa shape index (κ1) is 22.5. The third-order valence-electron chi connectivity index (χ3n) is 5.58. The first-order valence-corrected chi connectivity index (χ1v) is 12.1. The van der Waals surface area contributed by atoms with Crippen molar-refractivity contribution in [2.75, 3.05) is 44.7 Å². The van der Waals surface area contributed by atoms with E-state index in [0.717, 1.165) is 60.9 Å². The predicted molar refractivity (Wildman–Crippen MR) is 127 cm³/mol. The van der Waals surface area contributed by atoms with Crippen molar-refractivity contribution in [1.82, 2.24) is 25.5 Å². The zero-order chi connectivity index (χ0) is 22.0. The second-order valence-electron chi connectivity index (χ2n) is 7.59. The number of pyridine rings is 1. The van der Waals surface area contributed by atoms with E-state index < -0.39 is 11.4 Å². The quantitative estimate of drug-likeness (QED) is 0.567. The van der Waals surface area contributed by atoms with Gasteiger partial charge in [-0.3, -0.25) is 0 Å². The van der Waals surface area contributed by atoms with Gasteiger partial charge >= 0.3 is 0 Å². The summed E-state index contributed by atoms with van der Waals surface area (Å²) in [5, 5.41) is 6.02. The molecule has 0 amide bonds. The van der Waals surface area contributed by atoms with Gasteiger partial charge in [0.15, 0.2) is 0 Å². The van der Waals surface area contributed by atoms with Crippen LogP contribution in [0.15, 0.2) is 46.8 Å². The van der Waals surface area contributed by atoms with E-state index in [1.165, 1.54) is 0 Å². The van der Waals surface area contributed by atoms with Crippen LogP contribution >= 0.6 is 23.2 Å². The van der Waals surface area contributed by atoms with E-state index in [2.05, 4.69) is 31.4 Å². The number of hydrogen-bond donors (Lipinski definition) is 3. The fourth-order valence-electron chi connectivity index (χ4n) is 3.67. The molecule has 4 rings (SSSR count). The van der Waals surface area contributed by atoms with Crippen molar-refractivity contribution in [2.45, 2.75) is 18.2 Å². The maximum Gasteiger partial charge on any atom is 0.216 e. The molecule has 2 aliphatic rings. The lowest BCUT2D eigenvalue weighted by Gasteiger charge is -2.21. The topological polar surface area (TPSA) is 78.5 Å². The van der Waals surface area contributed by atoms with Crippen LogP contribution in [0.3, 0.4) is 0 Å². The summed E-state index contributed by atoms with van der Waals surface area (Å²) < 4.78 is 16.0. The van der Waals surface area contributed by atoms with Gasteiger partial charge in [-0.2, -0.15) is 0 Å². The largest absolute Gasteiger partial charge is 0.588 e. The minimum atomic E-state index is -1.57. The zero-order valence-corrected chi connectivity index (χ0v) is 19.9. The normalized spacial score (nSPS) is 18.4. The number of rotatable bonds is 5. The Hall–Kier alpha value is -1.68. The maximum absolute atomic E-state index is 13.0. The molecule has 0 radical (unpaired) electrons. The SMILES string of the molecule is CC1=C(N[S+]([O-])c2c(Cl)cc(-c3ccnc(N4CCCNCC4)c3)cc2Cl)CNN1C. The highest BCUT2D eigenvalue weighted by Gasteiger charge is 2.26. The lowest BCUT2D eigenvalue weighted by atomic mass is 10.1. The molecule has 1 aromatic heterocycles. The molecule has 1 aromatic carbocycles. The van der Waals surface area contributed by atoms with Gasteiger partial charge in [-0.25, -0.2) is 15.1 Å². The molecule has 1 fully saturated rings. The standard InChI is InChI=1S/C21H26Cl2N6OS/c1-14-19(13-26-28(14)2)27-31(30)21-17(22)10-16(11-18(21)23)15-4-6-25-20(12-15)29-8-3-5-24-7-9-29/h4,6,10-12,24,26-27H,3,5,7-9,13H2,1-2H3. The predicted octanol–water partition coefficient (Wildman–Crippen LogP) is 3.15. The second-order valence-corrected chi connectivity index (χ2v) is 9.56. The van der Waals surface area contributed by atoms with Crippen LogP contribution in [0, 0.1) is 0 Å². The van der Waals surface area contributed by atoms with Crippen molar-refractivity contribution >= 4 is 40.4 Å². The summed E-state index contributed by atoms with van der Waals surface area (Å²) in [5.41, 5.74) is 6.82. The van der Waals surface area contributed by atoms with Gasteiger partial charge in [0, 0.05) is 32.9 Å². The fourth-order valence-corrected chi connectivity index (χ4v) is 5.59. The highest BCUT2D eigenvalue weighted by Crippen LogP contribution is 2.36. The highest BCUT2D eigenvalue weighted by molar-refractivity contribution is 7.89. The Kier molecular flexibility index (Phi) is 7.15. The molecule has 1 atom stereocenters. The lowest BCUT2D eigenvalue weighted by molar-refractivity contribution is 0.346. The first-order chi connectivity index (χ1) is 14.9. The summed E-state index contributed by atoms with van der Waals surface area (Å²) in [6.45, 7) is 6.38. The average Bonchev–Trinajstić information content (AvgIpc) is 2.95. The number of nitrogens with one attached hydrogen (secondary N) is 3. The Morgan fingerprint density at radius 3 is 2.61 bits per heavy atom. The number of aromatic nitrogens is 1. The van der Waals surface area contributed by atoms with Crippen LogP contribution in [0.2, 0.25) is 10.0 Å². The van der Waals surface area contributed by atoms with Crippen LogP contribution in [0.4, 0.5) is 5.82 Å². The molecule has 0 bridgehead atoms. The Labute approximate surface area is 196 Å². The van der Waals surface area contributed by atoms with Crippen molar-refractivity contribution in [1.29, 1.82) is 0 Å². The van der Waals surface area contributed by atoms with Crippen molar-refractivity contribution in [3.05, 3.63) is 51.9 Å². The fraction of sp³-hybridized carbons (Fsp3) is 0.381. The van der Waals surface area contributed by atoms with Gasteiger partial charge in [-0.15, -0.1) is 0 Å². The van der Waals surface area contributed by atoms with E-state index in [0.29, 0.717) is 21.5 Å². The zero-order valence-electron chi connectivity index (χ0n) is 17.5. The first-order valence-electron chi connectivity index (χ1n) is 10.2. The number of benzene rings is 1. The van der Waals surface area contributed by atoms with E-state index in [4.69, 9.17) is 23.2 Å². The van der Waals surface area contributed by atoms with Crippen molar-refractivity contribution in [3.8, 4) is 11.1 Å². The van der Waals surface area contributed by atoms with Gasteiger partial charge < -0.3 is 19.8 Å². The van der Waals surface area contributed by atoms with Crippen molar-refractivity contribution in [3.63, 3.8) is 0 Å². The van der Waals surface area contributed by atoms with Gasteiger partial charge in [0.2, 0.25) is 4.90 Å². The molecule has 0 aliphatic carbocycles. The maximum atomic E-state index is 13.0. The summed E-state index contributed by atoms with van der Waals surface area (Å²) in [6.07, 6.45) is 2.88. The van der Waals surface area contributed by atoms with E-state index in [9.17, 15) is 4.55 Å². The van der Waals surface area contributed by atoms with Gasteiger partial charge in [0.25, 0.3) is 0 Å². The Morgan fingerprint density at radius 1 is 1.13 bits per heavy atom. The van der Waals surface area contributed by atoms with E-state index in [-0.39, 0.29) is 0 Å². The molecule has 7 nitrogen and oxygen atoms in total. The lowest BCUT2D eigenvalue weighted by Crippen LogP contribution is -2.28. The molecule has 3 heterocycles. The number of nitrogens with zero attached hydrogens (tertiary/aromatic N) is 3. The van der Waals surface area contributed by atoms with Crippen LogP contribution in [-0.2, 0) is 11.4 Å². The summed E-state index contributed by atoms with van der Waals surface area (Å²) >= 11 is 11.5. The third kappa shape index (κ3) is 5.05. The van der Waals surface area contributed by atoms with Gasteiger partial charge in [0.05, 0.1) is 17.9 Å². The third-order valence-corrected chi connectivity index (χ3v) is 7.64. The molecule has 2 aromatic rings. The molecule has 3 N–H and O–H groups in total. The summed E-state index contributed by atoms with van der Waals surface area (Å²) in [4.78, 5) is 7.21. The monoisotopic (exact) mass is 480 g/mol. The van der Waals surface area contributed by atoms with E-state index >= 15 is 0 Å². The Bertz CT molecular complexity index is 957. The van der Waals surface area contributed by atoms with Crippen LogP contribution in [0.1, 0.15) is 13.3 Å². The average molecular weight is 481 g/mol. The van der Waals surface area contributed by atoms with Crippen molar-refractivity contribution < 1.29 is 4.55 Å². The molecule has 31 heavy (non-hydrogen) atoms. The van der Waals surface area contributed by atoms with Gasteiger partial charge in [-0.05, 0) is 55.3 Å². The van der Waals surface area contributed by atoms with Crippen LogP contribution in [0.5, 0.6) is 0 Å². The highest BCUT2D eigenvalue weighted by atomic mass is 35.5. The molecule has 0 saturated carbocycles. The molecule has 1 unspecified atom stereocenters. The summed E-state index contributed by atoms with van der Waals surface area (Å²) in [7, 11) is 1.91. The van der Waals surface area contributed by atoms with Crippen LogP contribution < -0.4 is 20.4 Å². The van der Waals surface area contributed by atoms with E-state index in [1.54, 1.807) is 6.20 Å². The number of allylic oxidation sites excluding steroid dienone is 1. The van der Waals surface area contributed by atoms with Crippen LogP contribution in [-0.4, -0.2) is 54.3 Å². The number of halogens is 2. The minimum absolute atomic E-state index is 0.364. The summed E-state index contributed by atoms with van der Waals surface area (Å²) in [6, 6.07) is 7.61. The summed E-state index contributed by atoms with van der Waals surface area (Å²) in [5.74, 6) is 0.933. The second kappa shape index (κ2) is 9.85. The number of hydrazine groups is 1. The molecular weight excluding hydrogens is 455 g/mol. The molecule has 2 aliphatic heterocycles. The Morgan fingerprint density at radius 2 is 1.90 bits per heavy atom.